The van der Waals surface area contributed by atoms with Crippen LogP contribution in [0.1, 0.15) is 50.2 Å². The second-order valence-electron chi connectivity index (χ2n) is 5.77. The van der Waals surface area contributed by atoms with Gasteiger partial charge in [-0.05, 0) is 36.5 Å². The molecule has 1 N–H and O–H groups in total. The van der Waals surface area contributed by atoms with Gasteiger partial charge >= 0.3 is 0 Å². The predicted molar refractivity (Wildman–Crippen MR) is 83.6 cm³/mol. The smallest absolute Gasteiger partial charge is 0.243 e. The lowest BCUT2D eigenvalue weighted by molar-refractivity contribution is 0.280. The molecular formula is C16H25NO3S. The van der Waals surface area contributed by atoms with Gasteiger partial charge in [-0.25, -0.2) is 8.42 Å². The molecule has 0 aromatic heterocycles. The van der Waals surface area contributed by atoms with E-state index < -0.39 is 10.0 Å². The summed E-state index contributed by atoms with van der Waals surface area (Å²) in [7, 11) is -1.80. The molecular weight excluding hydrogens is 286 g/mol. The van der Waals surface area contributed by atoms with Crippen molar-refractivity contribution in [3.8, 4) is 0 Å². The summed E-state index contributed by atoms with van der Waals surface area (Å²) in [5.74, 6) is 0. The van der Waals surface area contributed by atoms with Gasteiger partial charge in [0.1, 0.15) is 0 Å². The molecule has 0 atom stereocenters. The molecule has 118 valence electrons. The third kappa shape index (κ3) is 3.47. The maximum atomic E-state index is 12.9. The second-order valence-corrected chi connectivity index (χ2v) is 7.73. The zero-order chi connectivity index (χ0) is 15.5. The van der Waals surface area contributed by atoms with Crippen molar-refractivity contribution < 1.29 is 13.5 Å². The van der Waals surface area contributed by atoms with Crippen LogP contribution in [0.25, 0.3) is 0 Å². The summed E-state index contributed by atoms with van der Waals surface area (Å²) in [4.78, 5) is 0.352. The van der Waals surface area contributed by atoms with Crippen LogP contribution in [0, 0.1) is 0 Å². The minimum atomic E-state index is -3.49. The van der Waals surface area contributed by atoms with Crippen LogP contribution in [0.4, 0.5) is 0 Å². The minimum absolute atomic E-state index is 0.103. The summed E-state index contributed by atoms with van der Waals surface area (Å²) in [6.45, 7) is 1.81. The summed E-state index contributed by atoms with van der Waals surface area (Å²) in [5.41, 5.74) is 1.46. The van der Waals surface area contributed by atoms with Crippen LogP contribution in [0.15, 0.2) is 23.1 Å². The van der Waals surface area contributed by atoms with Crippen LogP contribution in [0.5, 0.6) is 0 Å². The summed E-state index contributed by atoms with van der Waals surface area (Å²) in [6.07, 6.45) is 5.95. The fourth-order valence-corrected chi connectivity index (χ4v) is 4.78. The van der Waals surface area contributed by atoms with Gasteiger partial charge < -0.3 is 5.11 Å². The molecule has 0 aliphatic heterocycles. The van der Waals surface area contributed by atoms with Gasteiger partial charge in [-0.3, -0.25) is 0 Å². The van der Waals surface area contributed by atoms with Gasteiger partial charge in [0, 0.05) is 13.1 Å². The molecule has 0 bridgehead atoms. The monoisotopic (exact) mass is 311 g/mol. The number of sulfonamides is 1. The summed E-state index contributed by atoms with van der Waals surface area (Å²) >= 11 is 0. The second kappa shape index (κ2) is 6.90. The Morgan fingerprint density at radius 2 is 1.90 bits per heavy atom. The number of aliphatic hydroxyl groups is 1. The number of nitrogens with zero attached hydrogens (tertiary/aromatic N) is 1. The highest BCUT2D eigenvalue weighted by Crippen LogP contribution is 2.28. The zero-order valence-corrected chi connectivity index (χ0v) is 13.7. The molecule has 0 unspecified atom stereocenters. The fraction of sp³-hybridized carbons (Fsp3) is 0.625. The normalized spacial score (nSPS) is 17.3. The topological polar surface area (TPSA) is 57.6 Å². The van der Waals surface area contributed by atoms with Crippen LogP contribution in [0.3, 0.4) is 0 Å². The van der Waals surface area contributed by atoms with Gasteiger partial charge in [-0.1, -0.05) is 38.3 Å². The number of hydrogen-bond acceptors (Lipinski definition) is 3. The molecule has 1 fully saturated rings. The van der Waals surface area contributed by atoms with Crippen LogP contribution in [0.2, 0.25) is 0 Å². The lowest BCUT2D eigenvalue weighted by atomic mass is 9.96. The van der Waals surface area contributed by atoms with Gasteiger partial charge in [0.25, 0.3) is 0 Å². The first-order valence-electron chi connectivity index (χ1n) is 7.71. The highest BCUT2D eigenvalue weighted by Gasteiger charge is 2.30. The molecule has 0 spiro atoms. The van der Waals surface area contributed by atoms with Crippen molar-refractivity contribution >= 4 is 10.0 Å². The molecule has 5 heteroatoms. The summed E-state index contributed by atoms with van der Waals surface area (Å²) in [5, 5.41) is 9.27. The first-order chi connectivity index (χ1) is 10.0. The lowest BCUT2D eigenvalue weighted by Gasteiger charge is -2.31. The first kappa shape index (κ1) is 16.5. The number of rotatable bonds is 5. The van der Waals surface area contributed by atoms with E-state index in [0.29, 0.717) is 16.9 Å². The van der Waals surface area contributed by atoms with Gasteiger partial charge in [0.2, 0.25) is 10.0 Å². The Kier molecular flexibility index (Phi) is 5.41. The van der Waals surface area contributed by atoms with Crippen molar-refractivity contribution in [1.82, 2.24) is 4.31 Å². The minimum Gasteiger partial charge on any atom is -0.392 e. The first-order valence-corrected chi connectivity index (χ1v) is 9.15. The van der Waals surface area contributed by atoms with Gasteiger partial charge in [-0.15, -0.1) is 0 Å². The standard InChI is InChI=1S/C16H25NO3S/c1-3-14-10-9-13(12-18)11-16(14)21(19,20)17(2)15-7-5-4-6-8-15/h9-11,15,18H,3-8,12H2,1-2H3. The Labute approximate surface area is 127 Å². The average molecular weight is 311 g/mol. The molecule has 1 aromatic rings. The van der Waals surface area contributed by atoms with E-state index >= 15 is 0 Å². The maximum absolute atomic E-state index is 12.9. The number of aryl methyl sites for hydroxylation is 1. The Balaban J connectivity index is 2.37. The van der Waals surface area contributed by atoms with Gasteiger partial charge in [0.05, 0.1) is 11.5 Å². The van der Waals surface area contributed by atoms with Crippen molar-refractivity contribution in [3.63, 3.8) is 0 Å². The third-order valence-electron chi connectivity index (χ3n) is 4.44. The molecule has 4 nitrogen and oxygen atoms in total. The zero-order valence-electron chi connectivity index (χ0n) is 12.9. The summed E-state index contributed by atoms with van der Waals surface area (Å²) in [6, 6.07) is 5.32. The largest absolute Gasteiger partial charge is 0.392 e. The Morgan fingerprint density at radius 3 is 2.48 bits per heavy atom. The van der Waals surface area contributed by atoms with E-state index in [1.165, 1.54) is 6.42 Å². The Morgan fingerprint density at radius 1 is 1.24 bits per heavy atom. The van der Waals surface area contributed by atoms with E-state index in [1.54, 1.807) is 23.5 Å². The van der Waals surface area contributed by atoms with E-state index in [4.69, 9.17) is 0 Å². The highest BCUT2D eigenvalue weighted by molar-refractivity contribution is 7.89. The van der Waals surface area contributed by atoms with Crippen molar-refractivity contribution in [2.75, 3.05) is 7.05 Å². The maximum Gasteiger partial charge on any atom is 0.243 e. The van der Waals surface area contributed by atoms with E-state index in [1.807, 2.05) is 13.0 Å². The molecule has 0 radical (unpaired) electrons. The average Bonchev–Trinajstić information content (AvgIpc) is 2.54. The third-order valence-corrected chi connectivity index (χ3v) is 6.43. The Hall–Kier alpha value is -0.910. The number of aliphatic hydroxyl groups excluding tert-OH is 1. The molecule has 0 heterocycles. The highest BCUT2D eigenvalue weighted by atomic mass is 32.2. The Bertz CT molecular complexity index is 577. The number of benzene rings is 1. The van der Waals surface area contributed by atoms with Gasteiger partial charge in [0.15, 0.2) is 0 Å². The van der Waals surface area contributed by atoms with Crippen LogP contribution >= 0.6 is 0 Å². The van der Waals surface area contributed by atoms with Crippen LogP contribution < -0.4 is 0 Å². The summed E-state index contributed by atoms with van der Waals surface area (Å²) < 4.78 is 27.4. The molecule has 1 aliphatic rings. The lowest BCUT2D eigenvalue weighted by Crippen LogP contribution is -2.38. The van der Waals surface area contributed by atoms with E-state index in [9.17, 15) is 13.5 Å². The van der Waals surface area contributed by atoms with Gasteiger partial charge in [-0.2, -0.15) is 4.31 Å². The molecule has 1 saturated carbocycles. The van der Waals surface area contributed by atoms with E-state index in [-0.39, 0.29) is 12.6 Å². The SMILES string of the molecule is CCc1ccc(CO)cc1S(=O)(=O)N(C)C1CCCCC1. The predicted octanol–water partition coefficient (Wildman–Crippen LogP) is 2.69. The van der Waals surface area contributed by atoms with Crippen molar-refractivity contribution in [3.05, 3.63) is 29.3 Å². The molecule has 0 saturated heterocycles. The quantitative estimate of drug-likeness (QED) is 0.909. The van der Waals surface area contributed by atoms with Crippen LogP contribution in [-0.2, 0) is 23.1 Å². The molecule has 1 aromatic carbocycles. The number of hydrogen-bond donors (Lipinski definition) is 1. The van der Waals surface area contributed by atoms with Crippen molar-refractivity contribution in [2.24, 2.45) is 0 Å². The van der Waals surface area contributed by atoms with Crippen LogP contribution in [-0.4, -0.2) is 30.9 Å². The van der Waals surface area contributed by atoms with E-state index in [2.05, 4.69) is 0 Å². The molecule has 2 rings (SSSR count). The van der Waals surface area contributed by atoms with Crippen molar-refractivity contribution in [2.45, 2.75) is 63.0 Å². The molecule has 1 aliphatic carbocycles. The van der Waals surface area contributed by atoms with E-state index in [0.717, 1.165) is 31.2 Å². The molecule has 21 heavy (non-hydrogen) atoms. The fourth-order valence-electron chi connectivity index (χ4n) is 3.03. The van der Waals surface area contributed by atoms with Crippen molar-refractivity contribution in [1.29, 1.82) is 0 Å². The molecule has 0 amide bonds.